The molecule has 0 aromatic carbocycles. The molecular formula is C5H11NO2. The maximum Gasteiger partial charge on any atom is 0.156 e. The molecule has 1 unspecified atom stereocenters. The third-order valence-electron chi connectivity index (χ3n) is 1.18. The van der Waals surface area contributed by atoms with Crippen molar-refractivity contribution in [1.29, 1.82) is 0 Å². The summed E-state index contributed by atoms with van der Waals surface area (Å²) in [4.78, 5) is 0. The minimum atomic E-state index is -0.537. The molecule has 1 aliphatic rings. The first-order chi connectivity index (χ1) is 3.89. The Hall–Kier alpha value is -0.120. The molecule has 2 N–H and O–H groups in total. The van der Waals surface area contributed by atoms with E-state index in [-0.39, 0.29) is 0 Å². The first kappa shape index (κ1) is 6.01. The van der Waals surface area contributed by atoms with Crippen molar-refractivity contribution < 1.29 is 9.84 Å². The summed E-state index contributed by atoms with van der Waals surface area (Å²) in [6.45, 7) is 1.44. The summed E-state index contributed by atoms with van der Waals surface area (Å²) in [6.07, 6.45) is 1.22. The lowest BCUT2D eigenvalue weighted by Crippen LogP contribution is -2.17. The van der Waals surface area contributed by atoms with Crippen molar-refractivity contribution in [2.24, 2.45) is 0 Å². The average molecular weight is 117 g/mol. The normalized spacial score (nSPS) is 31.9. The molecule has 8 heavy (non-hydrogen) atoms. The van der Waals surface area contributed by atoms with E-state index in [9.17, 15) is 0 Å². The molecule has 3 nitrogen and oxygen atoms in total. The minimum absolute atomic E-state index is 0.487. The monoisotopic (exact) mass is 117 g/mol. The molecule has 1 fully saturated rings. The van der Waals surface area contributed by atoms with Gasteiger partial charge < -0.3 is 9.84 Å². The molecule has 1 saturated heterocycles. The Morgan fingerprint density at radius 1 is 1.62 bits per heavy atom. The number of nitrogens with one attached hydrogen (secondary N) is 1. The zero-order valence-corrected chi connectivity index (χ0v) is 4.76. The Bertz CT molecular complexity index is 59.4. The van der Waals surface area contributed by atoms with E-state index in [2.05, 4.69) is 5.32 Å². The summed E-state index contributed by atoms with van der Waals surface area (Å²) in [7, 11) is 0. The van der Waals surface area contributed by atoms with Gasteiger partial charge in [-0.3, -0.25) is 5.32 Å². The Kier molecular flexibility index (Phi) is 2.27. The van der Waals surface area contributed by atoms with Crippen LogP contribution in [-0.2, 0) is 4.74 Å². The van der Waals surface area contributed by atoms with Gasteiger partial charge in [-0.2, -0.15) is 0 Å². The number of hydrogen-bond donors (Lipinski definition) is 2. The number of aliphatic hydroxyl groups is 1. The van der Waals surface area contributed by atoms with Crippen LogP contribution in [0.4, 0.5) is 0 Å². The maximum absolute atomic E-state index is 8.83. The average Bonchev–Trinajstić information content (AvgIpc) is 1.94. The highest BCUT2D eigenvalue weighted by molar-refractivity contribution is 4.50. The topological polar surface area (TPSA) is 41.5 Å². The summed E-state index contributed by atoms with van der Waals surface area (Å²) in [6, 6.07) is 0. The molecule has 1 atom stereocenters. The highest BCUT2D eigenvalue weighted by Crippen LogP contribution is 1.99. The van der Waals surface area contributed by atoms with Crippen LogP contribution in [0.15, 0.2) is 0 Å². The van der Waals surface area contributed by atoms with Crippen molar-refractivity contribution >= 4 is 0 Å². The predicted molar refractivity (Wildman–Crippen MR) is 29.2 cm³/mol. The first-order valence-electron chi connectivity index (χ1n) is 2.90. The first-order valence-corrected chi connectivity index (χ1v) is 2.90. The Morgan fingerprint density at radius 3 is 3.38 bits per heavy atom. The molecule has 0 aliphatic carbocycles. The lowest BCUT2D eigenvalue weighted by atomic mass is 10.3. The number of rotatable bonds is 0. The zero-order valence-electron chi connectivity index (χ0n) is 4.76. The molecule has 1 aliphatic heterocycles. The maximum atomic E-state index is 8.83. The molecule has 0 saturated carbocycles. The van der Waals surface area contributed by atoms with Crippen LogP contribution >= 0.6 is 0 Å². The van der Waals surface area contributed by atoms with E-state index in [0.717, 1.165) is 19.4 Å². The predicted octanol–water partition coefficient (Wildman–Crippen LogP) is -0.338. The minimum Gasteiger partial charge on any atom is -0.368 e. The lowest BCUT2D eigenvalue weighted by Gasteiger charge is -2.04. The van der Waals surface area contributed by atoms with E-state index in [0.29, 0.717) is 6.73 Å². The van der Waals surface area contributed by atoms with Gasteiger partial charge in [0.25, 0.3) is 0 Å². The van der Waals surface area contributed by atoms with Crippen molar-refractivity contribution in [3.63, 3.8) is 0 Å². The van der Waals surface area contributed by atoms with Crippen molar-refractivity contribution in [1.82, 2.24) is 5.32 Å². The van der Waals surface area contributed by atoms with Gasteiger partial charge in [0.1, 0.15) is 0 Å². The van der Waals surface area contributed by atoms with Gasteiger partial charge in [0.15, 0.2) is 6.29 Å². The summed E-state index contributed by atoms with van der Waals surface area (Å²) in [5, 5.41) is 11.8. The standard InChI is InChI=1S/C5H11NO2/c7-5-2-1-3-6-4-8-5/h5-7H,1-4H2. The van der Waals surface area contributed by atoms with Crippen LogP contribution in [-0.4, -0.2) is 24.7 Å². The van der Waals surface area contributed by atoms with Gasteiger partial charge in [0.05, 0.1) is 6.73 Å². The molecule has 0 spiro atoms. The van der Waals surface area contributed by atoms with Gasteiger partial charge >= 0.3 is 0 Å². The van der Waals surface area contributed by atoms with Crippen LogP contribution in [0.25, 0.3) is 0 Å². The van der Waals surface area contributed by atoms with Crippen LogP contribution in [0.2, 0.25) is 0 Å². The summed E-state index contributed by atoms with van der Waals surface area (Å²) in [5.74, 6) is 0. The molecule has 3 heteroatoms. The molecule has 0 bridgehead atoms. The number of ether oxygens (including phenoxy) is 1. The molecule has 0 aromatic heterocycles. The van der Waals surface area contributed by atoms with Gasteiger partial charge in [0, 0.05) is 0 Å². The number of hydrogen-bond acceptors (Lipinski definition) is 3. The fourth-order valence-electron chi connectivity index (χ4n) is 0.712. The lowest BCUT2D eigenvalue weighted by molar-refractivity contribution is -0.0994. The van der Waals surface area contributed by atoms with Crippen molar-refractivity contribution in [2.45, 2.75) is 19.1 Å². The van der Waals surface area contributed by atoms with Crippen molar-refractivity contribution in [2.75, 3.05) is 13.3 Å². The fraction of sp³-hybridized carbons (Fsp3) is 1.00. The van der Waals surface area contributed by atoms with E-state index in [1.165, 1.54) is 0 Å². The highest BCUT2D eigenvalue weighted by atomic mass is 16.6. The van der Waals surface area contributed by atoms with Crippen LogP contribution in [0.3, 0.4) is 0 Å². The van der Waals surface area contributed by atoms with Gasteiger partial charge in [-0.25, -0.2) is 0 Å². The van der Waals surface area contributed by atoms with Crippen LogP contribution in [0.5, 0.6) is 0 Å². The van der Waals surface area contributed by atoms with E-state index in [1.54, 1.807) is 0 Å². The SMILES string of the molecule is OC1CCCNCO1. The number of aliphatic hydroxyl groups excluding tert-OH is 1. The third kappa shape index (κ3) is 1.78. The highest BCUT2D eigenvalue weighted by Gasteiger charge is 2.05. The van der Waals surface area contributed by atoms with Gasteiger partial charge in [-0.05, 0) is 19.4 Å². The Morgan fingerprint density at radius 2 is 2.50 bits per heavy atom. The summed E-state index contributed by atoms with van der Waals surface area (Å²) < 4.78 is 4.85. The largest absolute Gasteiger partial charge is 0.368 e. The third-order valence-corrected chi connectivity index (χ3v) is 1.18. The molecule has 48 valence electrons. The van der Waals surface area contributed by atoms with Gasteiger partial charge in [-0.15, -0.1) is 0 Å². The van der Waals surface area contributed by atoms with E-state index in [1.807, 2.05) is 0 Å². The zero-order chi connectivity index (χ0) is 5.82. The van der Waals surface area contributed by atoms with E-state index in [4.69, 9.17) is 9.84 Å². The summed E-state index contributed by atoms with van der Waals surface area (Å²) >= 11 is 0. The summed E-state index contributed by atoms with van der Waals surface area (Å²) in [5.41, 5.74) is 0. The van der Waals surface area contributed by atoms with Gasteiger partial charge in [-0.1, -0.05) is 0 Å². The second-order valence-electron chi connectivity index (χ2n) is 1.91. The van der Waals surface area contributed by atoms with Gasteiger partial charge in [0.2, 0.25) is 0 Å². The molecule has 0 amide bonds. The Labute approximate surface area is 48.7 Å². The molecule has 1 rings (SSSR count). The quantitative estimate of drug-likeness (QED) is 0.456. The van der Waals surface area contributed by atoms with E-state index < -0.39 is 6.29 Å². The van der Waals surface area contributed by atoms with Crippen molar-refractivity contribution in [3.05, 3.63) is 0 Å². The van der Waals surface area contributed by atoms with E-state index >= 15 is 0 Å². The smallest absolute Gasteiger partial charge is 0.156 e. The van der Waals surface area contributed by atoms with Crippen LogP contribution < -0.4 is 5.32 Å². The fourth-order valence-corrected chi connectivity index (χ4v) is 0.712. The molecule has 1 heterocycles. The Balaban J connectivity index is 2.17. The second kappa shape index (κ2) is 3.02. The van der Waals surface area contributed by atoms with Crippen LogP contribution in [0.1, 0.15) is 12.8 Å². The molecule has 0 aromatic rings. The molecular weight excluding hydrogens is 106 g/mol. The molecule has 0 radical (unpaired) electrons. The van der Waals surface area contributed by atoms with Crippen molar-refractivity contribution in [3.8, 4) is 0 Å². The second-order valence-corrected chi connectivity index (χ2v) is 1.91. The van der Waals surface area contributed by atoms with Crippen LogP contribution in [0, 0.1) is 0 Å².